The largest absolute Gasteiger partial charge is 0.294 e. The fraction of sp³-hybridized carbons (Fsp3) is 0.417. The van der Waals surface area contributed by atoms with Crippen LogP contribution in [0.3, 0.4) is 0 Å². The summed E-state index contributed by atoms with van der Waals surface area (Å²) in [4.78, 5) is 4.42. The molecule has 0 N–H and O–H groups in total. The van der Waals surface area contributed by atoms with Gasteiger partial charge >= 0.3 is 0 Å². The van der Waals surface area contributed by atoms with Crippen molar-refractivity contribution in [1.29, 1.82) is 0 Å². The van der Waals surface area contributed by atoms with Crippen LogP contribution in [0.2, 0.25) is 0 Å². The first-order valence-corrected chi connectivity index (χ1v) is 7.29. The second-order valence-corrected chi connectivity index (χ2v) is 6.43. The molecule has 0 aromatic carbocycles. The minimum absolute atomic E-state index is 0.791. The van der Waals surface area contributed by atoms with E-state index in [0.29, 0.717) is 0 Å². The third-order valence-corrected chi connectivity index (χ3v) is 4.84. The third kappa shape index (κ3) is 2.00. The van der Waals surface area contributed by atoms with Gasteiger partial charge in [0.05, 0.1) is 11.2 Å². The van der Waals surface area contributed by atoms with Gasteiger partial charge in [-0.15, -0.1) is 11.8 Å². The summed E-state index contributed by atoms with van der Waals surface area (Å²) in [6.07, 6.45) is 9.57. The molecule has 1 fully saturated rings. The van der Waals surface area contributed by atoms with Crippen molar-refractivity contribution < 1.29 is 0 Å². The maximum absolute atomic E-state index is 4.42. The molecule has 1 aliphatic carbocycles. The van der Waals surface area contributed by atoms with Gasteiger partial charge in [0.25, 0.3) is 0 Å². The molecule has 0 spiro atoms. The van der Waals surface area contributed by atoms with E-state index in [1.807, 2.05) is 30.1 Å². The van der Waals surface area contributed by atoms with E-state index in [9.17, 15) is 0 Å². The molecule has 0 unspecified atom stereocenters. The number of hydrogen-bond donors (Lipinski definition) is 0. The topological polar surface area (TPSA) is 17.3 Å². The van der Waals surface area contributed by atoms with E-state index in [0.717, 1.165) is 15.4 Å². The fourth-order valence-corrected chi connectivity index (χ4v) is 3.82. The minimum Gasteiger partial charge on any atom is -0.294 e. The first-order valence-electron chi connectivity index (χ1n) is 5.62. The Morgan fingerprint density at radius 2 is 2.12 bits per heavy atom. The summed E-state index contributed by atoms with van der Waals surface area (Å²) in [5, 5.41) is 2.06. The second kappa shape index (κ2) is 4.41. The summed E-state index contributed by atoms with van der Waals surface area (Å²) in [6.45, 7) is 0. The van der Waals surface area contributed by atoms with E-state index in [1.165, 1.54) is 30.7 Å². The summed E-state index contributed by atoms with van der Waals surface area (Å²) < 4.78 is 3.28. The first-order chi connectivity index (χ1) is 7.83. The van der Waals surface area contributed by atoms with Crippen LogP contribution in [0.1, 0.15) is 25.7 Å². The van der Waals surface area contributed by atoms with Crippen LogP contribution >= 0.6 is 27.7 Å². The van der Waals surface area contributed by atoms with Crippen molar-refractivity contribution in [3.63, 3.8) is 0 Å². The van der Waals surface area contributed by atoms with Crippen molar-refractivity contribution >= 4 is 33.3 Å². The smallest absolute Gasteiger partial charge is 0.137 e. The molecule has 0 amide bonds. The molecule has 0 bridgehead atoms. The molecule has 1 aliphatic rings. The molecule has 0 radical (unpaired) electrons. The number of aromatic nitrogens is 2. The molecule has 0 atom stereocenters. The minimum atomic E-state index is 0.791. The lowest BCUT2D eigenvalue weighted by Crippen LogP contribution is -1.95. The average molecular weight is 297 g/mol. The van der Waals surface area contributed by atoms with Crippen LogP contribution in [-0.2, 0) is 0 Å². The highest BCUT2D eigenvalue weighted by atomic mass is 79.9. The Balaban J connectivity index is 1.93. The number of thioether (sulfide) groups is 1. The van der Waals surface area contributed by atoms with E-state index in [2.05, 4.69) is 31.5 Å². The number of nitrogens with zero attached hydrogens (tertiary/aromatic N) is 2. The van der Waals surface area contributed by atoms with Crippen LogP contribution in [0.4, 0.5) is 0 Å². The Kier molecular flexibility index (Phi) is 2.94. The lowest BCUT2D eigenvalue weighted by Gasteiger charge is -2.07. The zero-order valence-corrected chi connectivity index (χ0v) is 11.3. The number of fused-ring (bicyclic) bond motifs is 1. The summed E-state index contributed by atoms with van der Waals surface area (Å²) in [5.74, 6) is 0. The SMILES string of the molecule is Brc1ccc2ncc(SC3CCCC3)n2c1. The third-order valence-electron chi connectivity index (χ3n) is 3.03. The van der Waals surface area contributed by atoms with Crippen molar-refractivity contribution in [1.82, 2.24) is 9.38 Å². The van der Waals surface area contributed by atoms with Crippen LogP contribution < -0.4 is 0 Å². The van der Waals surface area contributed by atoms with Crippen LogP contribution in [0.5, 0.6) is 0 Å². The Bertz CT molecular complexity index is 503. The molecule has 2 nitrogen and oxygen atoms in total. The fourth-order valence-electron chi connectivity index (χ4n) is 2.20. The van der Waals surface area contributed by atoms with Crippen LogP contribution in [0.25, 0.3) is 5.65 Å². The van der Waals surface area contributed by atoms with E-state index in [-0.39, 0.29) is 0 Å². The lowest BCUT2D eigenvalue weighted by molar-refractivity contribution is 0.886. The standard InChI is InChI=1S/C12H13BrN2S/c13-9-5-6-11-14-7-12(15(11)8-9)16-10-3-1-2-4-10/h5-8,10H,1-4H2. The second-order valence-electron chi connectivity index (χ2n) is 4.20. The zero-order valence-electron chi connectivity index (χ0n) is 8.90. The quantitative estimate of drug-likeness (QED) is 0.829. The normalized spacial score (nSPS) is 17.3. The van der Waals surface area contributed by atoms with Gasteiger partial charge in [0.15, 0.2) is 0 Å². The molecule has 16 heavy (non-hydrogen) atoms. The predicted octanol–water partition coefficient (Wildman–Crippen LogP) is 4.13. The molecular formula is C12H13BrN2S. The van der Waals surface area contributed by atoms with Crippen LogP contribution in [-0.4, -0.2) is 14.6 Å². The number of halogens is 1. The molecule has 2 aromatic rings. The summed E-state index contributed by atoms with van der Waals surface area (Å²) in [7, 11) is 0. The van der Waals surface area contributed by atoms with E-state index >= 15 is 0 Å². The van der Waals surface area contributed by atoms with Crippen LogP contribution in [0, 0.1) is 0 Å². The van der Waals surface area contributed by atoms with Crippen molar-refractivity contribution in [3.8, 4) is 0 Å². The average Bonchev–Trinajstić information content (AvgIpc) is 2.90. The summed E-state index contributed by atoms with van der Waals surface area (Å²) in [6, 6.07) is 4.08. The molecule has 2 aromatic heterocycles. The van der Waals surface area contributed by atoms with Gasteiger partial charge in [0.2, 0.25) is 0 Å². The van der Waals surface area contributed by atoms with Gasteiger partial charge in [0.1, 0.15) is 5.65 Å². The van der Waals surface area contributed by atoms with Crippen molar-refractivity contribution in [2.24, 2.45) is 0 Å². The Hall–Kier alpha value is -0.480. The van der Waals surface area contributed by atoms with Gasteiger partial charge in [0, 0.05) is 15.9 Å². The molecule has 0 aliphatic heterocycles. The lowest BCUT2D eigenvalue weighted by atomic mass is 10.4. The number of imidazole rings is 1. The van der Waals surface area contributed by atoms with Crippen molar-refractivity contribution in [2.75, 3.05) is 0 Å². The Labute approximate surface area is 108 Å². The molecule has 1 saturated carbocycles. The monoisotopic (exact) mass is 296 g/mol. The van der Waals surface area contributed by atoms with Gasteiger partial charge in [-0.2, -0.15) is 0 Å². The first kappa shape index (κ1) is 10.7. The number of pyridine rings is 1. The van der Waals surface area contributed by atoms with Crippen LogP contribution in [0.15, 0.2) is 34.0 Å². The van der Waals surface area contributed by atoms with Gasteiger partial charge in [-0.25, -0.2) is 4.98 Å². The Morgan fingerprint density at radius 1 is 1.31 bits per heavy atom. The van der Waals surface area contributed by atoms with Gasteiger partial charge < -0.3 is 0 Å². The molecule has 0 saturated heterocycles. The van der Waals surface area contributed by atoms with Crippen molar-refractivity contribution in [2.45, 2.75) is 36.0 Å². The van der Waals surface area contributed by atoms with E-state index in [4.69, 9.17) is 0 Å². The number of rotatable bonds is 2. The molecule has 2 heterocycles. The van der Waals surface area contributed by atoms with E-state index in [1.54, 1.807) is 0 Å². The Morgan fingerprint density at radius 3 is 2.94 bits per heavy atom. The summed E-state index contributed by atoms with van der Waals surface area (Å²) >= 11 is 5.48. The predicted molar refractivity (Wildman–Crippen MR) is 71.0 cm³/mol. The van der Waals surface area contributed by atoms with Gasteiger partial charge in [-0.1, -0.05) is 12.8 Å². The van der Waals surface area contributed by atoms with Gasteiger partial charge in [-0.05, 0) is 40.9 Å². The molecule has 4 heteroatoms. The molecular weight excluding hydrogens is 284 g/mol. The highest BCUT2D eigenvalue weighted by Crippen LogP contribution is 2.35. The highest BCUT2D eigenvalue weighted by Gasteiger charge is 2.17. The molecule has 84 valence electrons. The molecule has 3 rings (SSSR count). The number of hydrogen-bond acceptors (Lipinski definition) is 2. The maximum Gasteiger partial charge on any atom is 0.137 e. The zero-order chi connectivity index (χ0) is 11.0. The van der Waals surface area contributed by atoms with E-state index < -0.39 is 0 Å². The van der Waals surface area contributed by atoms with Gasteiger partial charge in [-0.3, -0.25) is 4.40 Å². The summed E-state index contributed by atoms with van der Waals surface area (Å²) in [5.41, 5.74) is 1.03. The van der Waals surface area contributed by atoms with Crippen molar-refractivity contribution in [3.05, 3.63) is 29.0 Å². The highest BCUT2D eigenvalue weighted by molar-refractivity contribution is 9.10. The maximum atomic E-state index is 4.42.